The Kier molecular flexibility index (Phi) is 3.55. The van der Waals surface area contributed by atoms with Crippen LogP contribution in [0.5, 0.6) is 0 Å². The molecule has 0 spiro atoms. The van der Waals surface area contributed by atoms with Crippen molar-refractivity contribution in [3.05, 3.63) is 0 Å². The Labute approximate surface area is 110 Å². The van der Waals surface area contributed by atoms with Crippen LogP contribution in [0.15, 0.2) is 5.16 Å². The highest BCUT2D eigenvalue weighted by Gasteiger charge is 2.76. The van der Waals surface area contributed by atoms with E-state index in [4.69, 9.17) is 0 Å². The number of hydrogen-bond donors (Lipinski definition) is 1. The van der Waals surface area contributed by atoms with E-state index >= 15 is 0 Å². The molecule has 0 aromatic carbocycles. The van der Waals surface area contributed by atoms with Crippen LogP contribution in [0.4, 0.5) is 26.3 Å². The molecule has 0 aromatic rings. The Morgan fingerprint density at radius 1 is 1.05 bits per heavy atom. The van der Waals surface area contributed by atoms with E-state index in [0.717, 1.165) is 12.8 Å². The predicted molar refractivity (Wildman–Crippen MR) is 54.8 cm³/mol. The quantitative estimate of drug-likeness (QED) is 0.754. The number of alkyl halides is 6. The molecule has 4 nitrogen and oxygen atoms in total. The lowest BCUT2D eigenvalue weighted by molar-refractivity contribution is -0.392. The average molecular weight is 306 g/mol. The van der Waals surface area contributed by atoms with Gasteiger partial charge in [0.15, 0.2) is 6.10 Å². The highest BCUT2D eigenvalue weighted by Crippen LogP contribution is 2.48. The first-order valence-corrected chi connectivity index (χ1v) is 5.91. The Hall–Kier alpha value is -1.19. The summed E-state index contributed by atoms with van der Waals surface area (Å²) >= 11 is 0. The minimum absolute atomic E-state index is 0.0134. The lowest BCUT2D eigenvalue weighted by Gasteiger charge is -2.35. The highest BCUT2D eigenvalue weighted by molar-refractivity contribution is 5.83. The number of oxime groups is 1. The van der Waals surface area contributed by atoms with Crippen LogP contribution >= 0.6 is 0 Å². The number of rotatable bonds is 1. The maximum Gasteiger partial charge on any atom is 0.430 e. The fourth-order valence-electron chi connectivity index (χ4n) is 2.28. The molecule has 1 atom stereocenters. The number of hydrogen-bond acceptors (Lipinski definition) is 4. The fourth-order valence-corrected chi connectivity index (χ4v) is 2.28. The van der Waals surface area contributed by atoms with Gasteiger partial charge in [-0.15, -0.1) is 0 Å². The normalized spacial score (nSPS) is 24.9. The van der Waals surface area contributed by atoms with E-state index in [2.05, 4.69) is 9.99 Å². The zero-order chi connectivity index (χ0) is 15.2. The summed E-state index contributed by atoms with van der Waals surface area (Å²) in [6.45, 7) is 1.01. The van der Waals surface area contributed by atoms with Crippen LogP contribution in [0.3, 0.4) is 0 Å². The van der Waals surface area contributed by atoms with Crippen molar-refractivity contribution in [2.45, 2.75) is 43.3 Å². The Morgan fingerprint density at radius 2 is 1.55 bits per heavy atom. The van der Waals surface area contributed by atoms with Crippen LogP contribution in [0.2, 0.25) is 0 Å². The molecule has 2 rings (SSSR count). The first-order chi connectivity index (χ1) is 9.07. The number of likely N-dealkylation sites (tertiary alicyclic amines) is 1. The maximum absolute atomic E-state index is 12.6. The van der Waals surface area contributed by atoms with Crippen molar-refractivity contribution in [2.24, 2.45) is 5.16 Å². The molecule has 1 fully saturated rings. The maximum atomic E-state index is 12.6. The van der Waals surface area contributed by atoms with E-state index in [-0.39, 0.29) is 5.84 Å². The molecule has 1 saturated heterocycles. The van der Waals surface area contributed by atoms with Crippen LogP contribution in [-0.4, -0.2) is 53.0 Å². The van der Waals surface area contributed by atoms with E-state index in [1.807, 2.05) is 0 Å². The molecule has 0 amide bonds. The molecule has 20 heavy (non-hydrogen) atoms. The standard InChI is InChI=1S/C10H12F6N2O2/c11-9(12,13)8(19,10(14,15)16)6-5-7(17-20-6)18-3-1-2-4-18/h6,19H,1-5H2. The Bertz CT molecular complexity index is 386. The van der Waals surface area contributed by atoms with Crippen LogP contribution in [0.1, 0.15) is 19.3 Å². The zero-order valence-corrected chi connectivity index (χ0v) is 10.1. The van der Waals surface area contributed by atoms with Gasteiger partial charge in [0.05, 0.1) is 6.42 Å². The first kappa shape index (κ1) is 15.2. The molecule has 1 unspecified atom stereocenters. The van der Waals surface area contributed by atoms with Crippen LogP contribution in [0.25, 0.3) is 0 Å². The van der Waals surface area contributed by atoms with Crippen molar-refractivity contribution in [2.75, 3.05) is 13.1 Å². The Morgan fingerprint density at radius 3 is 2.00 bits per heavy atom. The molecule has 0 aromatic heterocycles. The van der Waals surface area contributed by atoms with Gasteiger partial charge in [0.1, 0.15) is 5.84 Å². The SMILES string of the molecule is OC(C1CC(N2CCCC2)=NO1)(C(F)(F)F)C(F)(F)F. The lowest BCUT2D eigenvalue weighted by atomic mass is 9.92. The van der Waals surface area contributed by atoms with Crippen LogP contribution < -0.4 is 0 Å². The van der Waals surface area contributed by atoms with Crippen molar-refractivity contribution in [3.8, 4) is 0 Å². The van der Waals surface area contributed by atoms with Gasteiger partial charge in [-0.3, -0.25) is 0 Å². The monoisotopic (exact) mass is 306 g/mol. The van der Waals surface area contributed by atoms with E-state index < -0.39 is 30.5 Å². The topological polar surface area (TPSA) is 45.1 Å². The van der Waals surface area contributed by atoms with E-state index in [1.165, 1.54) is 0 Å². The van der Waals surface area contributed by atoms with Crippen LogP contribution in [-0.2, 0) is 4.84 Å². The van der Waals surface area contributed by atoms with Crippen molar-refractivity contribution < 1.29 is 36.3 Å². The summed E-state index contributed by atoms with van der Waals surface area (Å²) in [5, 5.41) is 12.5. The Balaban J connectivity index is 2.18. The van der Waals surface area contributed by atoms with Crippen molar-refractivity contribution >= 4 is 5.84 Å². The fraction of sp³-hybridized carbons (Fsp3) is 0.900. The molecule has 1 N–H and O–H groups in total. The van der Waals surface area contributed by atoms with E-state index in [9.17, 15) is 31.4 Å². The average Bonchev–Trinajstić information content (AvgIpc) is 2.95. The molecule has 0 bridgehead atoms. The lowest BCUT2D eigenvalue weighted by Crippen LogP contribution is -2.64. The largest absolute Gasteiger partial charge is 0.430 e. The zero-order valence-electron chi connectivity index (χ0n) is 10.1. The molecular weight excluding hydrogens is 294 g/mol. The van der Waals surface area contributed by atoms with Crippen molar-refractivity contribution in [1.82, 2.24) is 4.90 Å². The van der Waals surface area contributed by atoms with E-state index in [1.54, 1.807) is 4.90 Å². The van der Waals surface area contributed by atoms with Gasteiger partial charge in [-0.1, -0.05) is 5.16 Å². The molecule has 0 saturated carbocycles. The number of nitrogens with zero attached hydrogens (tertiary/aromatic N) is 2. The molecule has 2 aliphatic rings. The summed E-state index contributed by atoms with van der Waals surface area (Å²) < 4.78 is 75.9. The van der Waals surface area contributed by atoms with E-state index in [0.29, 0.717) is 13.1 Å². The third kappa shape index (κ3) is 2.29. The summed E-state index contributed by atoms with van der Waals surface area (Å²) in [5.41, 5.74) is -4.93. The second-order valence-corrected chi connectivity index (χ2v) is 4.76. The summed E-state index contributed by atoms with van der Waals surface area (Å²) in [5.74, 6) is 0.0134. The molecule has 2 aliphatic heterocycles. The van der Waals surface area contributed by atoms with Gasteiger partial charge in [0.25, 0.3) is 5.60 Å². The van der Waals surface area contributed by atoms with Gasteiger partial charge in [-0.05, 0) is 12.8 Å². The summed E-state index contributed by atoms with van der Waals surface area (Å²) in [6.07, 6.45) is -13.5. The van der Waals surface area contributed by atoms with Crippen LogP contribution in [0, 0.1) is 0 Å². The number of aliphatic hydroxyl groups is 1. The second kappa shape index (κ2) is 4.68. The predicted octanol–water partition coefficient (Wildman–Crippen LogP) is 2.04. The van der Waals surface area contributed by atoms with Gasteiger partial charge in [-0.25, -0.2) is 0 Å². The molecular formula is C10H12F6N2O2. The molecule has 0 radical (unpaired) electrons. The van der Waals surface area contributed by atoms with Gasteiger partial charge in [0, 0.05) is 13.1 Å². The minimum Gasteiger partial charge on any atom is -0.387 e. The highest BCUT2D eigenvalue weighted by atomic mass is 19.4. The van der Waals surface area contributed by atoms with Crippen molar-refractivity contribution in [1.29, 1.82) is 0 Å². The molecule has 10 heteroatoms. The summed E-state index contributed by atoms with van der Waals surface area (Å²) in [7, 11) is 0. The minimum atomic E-state index is -5.90. The smallest absolute Gasteiger partial charge is 0.387 e. The third-order valence-corrected chi connectivity index (χ3v) is 3.45. The third-order valence-electron chi connectivity index (χ3n) is 3.45. The summed E-state index contributed by atoms with van der Waals surface area (Å²) in [6, 6.07) is 0. The molecule has 2 heterocycles. The van der Waals surface area contributed by atoms with Gasteiger partial charge in [0.2, 0.25) is 0 Å². The van der Waals surface area contributed by atoms with Gasteiger partial charge in [-0.2, -0.15) is 26.3 Å². The van der Waals surface area contributed by atoms with Gasteiger partial charge < -0.3 is 14.8 Å². The van der Waals surface area contributed by atoms with Gasteiger partial charge >= 0.3 is 12.4 Å². The first-order valence-electron chi connectivity index (χ1n) is 5.91. The molecule has 116 valence electrons. The molecule has 0 aliphatic carbocycles. The number of halogens is 6. The number of amidine groups is 1. The summed E-state index contributed by atoms with van der Waals surface area (Å²) in [4.78, 5) is 5.82. The second-order valence-electron chi connectivity index (χ2n) is 4.76. The van der Waals surface area contributed by atoms with Crippen molar-refractivity contribution in [3.63, 3.8) is 0 Å².